The molecular formula is C17H24N2O2. The van der Waals surface area contributed by atoms with Crippen molar-refractivity contribution < 1.29 is 9.59 Å². The van der Waals surface area contributed by atoms with E-state index >= 15 is 0 Å². The maximum atomic E-state index is 12.4. The molecule has 1 aromatic carbocycles. The molecule has 1 aliphatic rings. The third-order valence-corrected chi connectivity index (χ3v) is 4.26. The molecule has 2 rings (SSSR count). The van der Waals surface area contributed by atoms with Crippen molar-refractivity contribution in [2.45, 2.75) is 32.6 Å². The summed E-state index contributed by atoms with van der Waals surface area (Å²) in [7, 11) is 1.67. The van der Waals surface area contributed by atoms with Gasteiger partial charge in [0.05, 0.1) is 0 Å². The van der Waals surface area contributed by atoms with E-state index in [9.17, 15) is 9.59 Å². The van der Waals surface area contributed by atoms with E-state index in [1.54, 1.807) is 7.05 Å². The first-order valence-corrected chi connectivity index (χ1v) is 7.72. The molecule has 1 aliphatic heterocycles. The smallest absolute Gasteiger partial charge is 0.253 e. The average molecular weight is 288 g/mol. The Balaban J connectivity index is 1.89. The molecule has 4 heteroatoms. The van der Waals surface area contributed by atoms with Gasteiger partial charge in [0.25, 0.3) is 5.91 Å². The lowest BCUT2D eigenvalue weighted by Crippen LogP contribution is -2.39. The first-order chi connectivity index (χ1) is 10.1. The van der Waals surface area contributed by atoms with Gasteiger partial charge >= 0.3 is 0 Å². The predicted molar refractivity (Wildman–Crippen MR) is 83.1 cm³/mol. The van der Waals surface area contributed by atoms with Crippen molar-refractivity contribution in [3.63, 3.8) is 0 Å². The fourth-order valence-corrected chi connectivity index (χ4v) is 2.77. The molecule has 0 spiro atoms. The molecule has 0 saturated carbocycles. The zero-order valence-electron chi connectivity index (χ0n) is 12.9. The van der Waals surface area contributed by atoms with Gasteiger partial charge in [0.1, 0.15) is 0 Å². The number of nitrogens with one attached hydrogen (secondary N) is 1. The van der Waals surface area contributed by atoms with Crippen molar-refractivity contribution in [3.8, 4) is 0 Å². The summed E-state index contributed by atoms with van der Waals surface area (Å²) in [6, 6.07) is 7.87. The molecule has 0 aliphatic carbocycles. The number of aryl methyl sites for hydroxylation is 1. The number of hydrogen-bond acceptors (Lipinski definition) is 2. The largest absolute Gasteiger partial charge is 0.359 e. The molecule has 1 N–H and O–H groups in total. The Hall–Kier alpha value is -1.84. The molecule has 1 saturated heterocycles. The SMILES string of the molecule is CCc1ccc(C(=O)N2CCC(CC(=O)NC)CC2)cc1. The van der Waals surface area contributed by atoms with Gasteiger partial charge in [-0.2, -0.15) is 0 Å². The topological polar surface area (TPSA) is 49.4 Å². The summed E-state index contributed by atoms with van der Waals surface area (Å²) >= 11 is 0. The van der Waals surface area contributed by atoms with Crippen molar-refractivity contribution in [2.75, 3.05) is 20.1 Å². The third kappa shape index (κ3) is 4.06. The highest BCUT2D eigenvalue weighted by atomic mass is 16.2. The van der Waals surface area contributed by atoms with Crippen molar-refractivity contribution in [2.24, 2.45) is 5.92 Å². The average Bonchev–Trinajstić information content (AvgIpc) is 2.55. The Kier molecular flexibility index (Phi) is 5.37. The van der Waals surface area contributed by atoms with Gasteiger partial charge in [-0.3, -0.25) is 9.59 Å². The molecular weight excluding hydrogens is 264 g/mol. The summed E-state index contributed by atoms with van der Waals surface area (Å²) in [4.78, 5) is 25.7. The molecule has 1 fully saturated rings. The summed E-state index contributed by atoms with van der Waals surface area (Å²) in [6.45, 7) is 3.60. The summed E-state index contributed by atoms with van der Waals surface area (Å²) in [5, 5.41) is 2.66. The quantitative estimate of drug-likeness (QED) is 0.923. The van der Waals surface area contributed by atoms with Crippen LogP contribution in [0, 0.1) is 5.92 Å². The van der Waals surface area contributed by atoms with E-state index in [1.165, 1.54) is 5.56 Å². The molecule has 0 bridgehead atoms. The van der Waals surface area contributed by atoms with Crippen molar-refractivity contribution in [1.29, 1.82) is 0 Å². The number of carbonyl (C=O) groups excluding carboxylic acids is 2. The summed E-state index contributed by atoms with van der Waals surface area (Å²) in [6.07, 6.45) is 3.38. The lowest BCUT2D eigenvalue weighted by atomic mass is 9.93. The standard InChI is InChI=1S/C17H24N2O2/c1-3-13-4-6-15(7-5-13)17(21)19-10-8-14(9-11-19)12-16(20)18-2/h4-7,14H,3,8-12H2,1-2H3,(H,18,20). The van der Waals surface area contributed by atoms with Crippen LogP contribution in [0.5, 0.6) is 0 Å². The fraction of sp³-hybridized carbons (Fsp3) is 0.529. The van der Waals surface area contributed by atoms with Crippen molar-refractivity contribution in [3.05, 3.63) is 35.4 Å². The van der Waals surface area contributed by atoms with E-state index in [1.807, 2.05) is 29.2 Å². The van der Waals surface area contributed by atoms with Crippen LogP contribution in [0.4, 0.5) is 0 Å². The molecule has 1 aromatic rings. The number of likely N-dealkylation sites (tertiary alicyclic amines) is 1. The number of benzene rings is 1. The minimum atomic E-state index is 0.0925. The van der Waals surface area contributed by atoms with Crippen LogP contribution >= 0.6 is 0 Å². The number of rotatable bonds is 4. The number of piperidine rings is 1. The fourth-order valence-electron chi connectivity index (χ4n) is 2.77. The molecule has 0 atom stereocenters. The van der Waals surface area contributed by atoms with E-state index in [4.69, 9.17) is 0 Å². The highest BCUT2D eigenvalue weighted by Gasteiger charge is 2.24. The Morgan fingerprint density at radius 2 is 1.81 bits per heavy atom. The first-order valence-electron chi connectivity index (χ1n) is 7.72. The third-order valence-electron chi connectivity index (χ3n) is 4.26. The number of amides is 2. The number of nitrogens with zero attached hydrogens (tertiary/aromatic N) is 1. The normalized spacial score (nSPS) is 15.8. The monoisotopic (exact) mass is 288 g/mol. The Morgan fingerprint density at radius 1 is 1.19 bits per heavy atom. The van der Waals surface area contributed by atoms with Crippen molar-refractivity contribution >= 4 is 11.8 Å². The molecule has 21 heavy (non-hydrogen) atoms. The number of carbonyl (C=O) groups is 2. The lowest BCUT2D eigenvalue weighted by Gasteiger charge is -2.31. The molecule has 2 amide bonds. The van der Waals surface area contributed by atoms with E-state index in [0.717, 1.165) is 37.9 Å². The molecule has 0 unspecified atom stereocenters. The van der Waals surface area contributed by atoms with Gasteiger partial charge in [0.2, 0.25) is 5.91 Å². The predicted octanol–water partition coefficient (Wildman–Crippen LogP) is 2.24. The molecule has 114 valence electrons. The molecule has 0 radical (unpaired) electrons. The molecule has 1 heterocycles. The van der Waals surface area contributed by atoms with E-state index in [2.05, 4.69) is 12.2 Å². The van der Waals surface area contributed by atoms with Gasteiger partial charge in [0, 0.05) is 32.1 Å². The van der Waals surface area contributed by atoms with Crippen LogP contribution in [-0.2, 0) is 11.2 Å². The zero-order chi connectivity index (χ0) is 15.2. The van der Waals surface area contributed by atoms with Crippen LogP contribution in [0.15, 0.2) is 24.3 Å². The van der Waals surface area contributed by atoms with Crippen LogP contribution in [0.3, 0.4) is 0 Å². The van der Waals surface area contributed by atoms with E-state index in [0.29, 0.717) is 12.3 Å². The van der Waals surface area contributed by atoms with Gasteiger partial charge in [0.15, 0.2) is 0 Å². The maximum absolute atomic E-state index is 12.4. The Bertz CT molecular complexity index is 488. The van der Waals surface area contributed by atoms with Gasteiger partial charge in [-0.15, -0.1) is 0 Å². The Morgan fingerprint density at radius 3 is 2.33 bits per heavy atom. The van der Waals surface area contributed by atoms with E-state index in [-0.39, 0.29) is 11.8 Å². The lowest BCUT2D eigenvalue weighted by molar-refractivity contribution is -0.121. The van der Waals surface area contributed by atoms with Crippen LogP contribution in [-0.4, -0.2) is 36.9 Å². The zero-order valence-corrected chi connectivity index (χ0v) is 12.9. The van der Waals surface area contributed by atoms with Gasteiger partial charge in [-0.05, 0) is 42.9 Å². The molecule has 0 aromatic heterocycles. The van der Waals surface area contributed by atoms with Crippen LogP contribution < -0.4 is 5.32 Å². The number of hydrogen-bond donors (Lipinski definition) is 1. The highest BCUT2D eigenvalue weighted by Crippen LogP contribution is 2.22. The van der Waals surface area contributed by atoms with Gasteiger partial charge in [-0.25, -0.2) is 0 Å². The molecule has 4 nitrogen and oxygen atoms in total. The van der Waals surface area contributed by atoms with E-state index < -0.39 is 0 Å². The minimum Gasteiger partial charge on any atom is -0.359 e. The Labute approximate surface area is 126 Å². The summed E-state index contributed by atoms with van der Waals surface area (Å²) in [5.41, 5.74) is 2.01. The van der Waals surface area contributed by atoms with Gasteiger partial charge in [-0.1, -0.05) is 19.1 Å². The highest BCUT2D eigenvalue weighted by molar-refractivity contribution is 5.94. The second kappa shape index (κ2) is 7.25. The van der Waals surface area contributed by atoms with Crippen molar-refractivity contribution in [1.82, 2.24) is 10.2 Å². The van der Waals surface area contributed by atoms with Crippen LogP contribution in [0.2, 0.25) is 0 Å². The summed E-state index contributed by atoms with van der Waals surface area (Å²) < 4.78 is 0. The first kappa shape index (κ1) is 15.5. The van der Waals surface area contributed by atoms with Crippen LogP contribution in [0.1, 0.15) is 42.1 Å². The maximum Gasteiger partial charge on any atom is 0.253 e. The second-order valence-electron chi connectivity index (χ2n) is 5.66. The van der Waals surface area contributed by atoms with Gasteiger partial charge < -0.3 is 10.2 Å². The second-order valence-corrected chi connectivity index (χ2v) is 5.66. The summed E-state index contributed by atoms with van der Waals surface area (Å²) in [5.74, 6) is 0.599. The van der Waals surface area contributed by atoms with Crippen LogP contribution in [0.25, 0.3) is 0 Å². The minimum absolute atomic E-state index is 0.0925.